The van der Waals surface area contributed by atoms with Crippen molar-refractivity contribution in [3.63, 3.8) is 0 Å². The molecule has 0 amide bonds. The van der Waals surface area contributed by atoms with Crippen molar-refractivity contribution in [2.24, 2.45) is 0 Å². The molecule has 0 aromatic heterocycles. The number of morpholine rings is 1. The number of rotatable bonds is 7. The molecule has 0 spiro atoms. The molecule has 1 saturated heterocycles. The van der Waals surface area contributed by atoms with E-state index in [2.05, 4.69) is 30.9 Å². The smallest absolute Gasteiger partial charge is 0.243 e. The van der Waals surface area contributed by atoms with Crippen molar-refractivity contribution in [2.75, 3.05) is 38.3 Å². The molecule has 1 aliphatic rings. The van der Waals surface area contributed by atoms with Crippen molar-refractivity contribution in [2.45, 2.75) is 37.6 Å². The van der Waals surface area contributed by atoms with Crippen LogP contribution >= 0.6 is 0 Å². The molecule has 6 heteroatoms. The quantitative estimate of drug-likeness (QED) is 0.706. The fourth-order valence-corrected chi connectivity index (χ4v) is 4.52. The molecule has 0 N–H and O–H groups in total. The van der Waals surface area contributed by atoms with Gasteiger partial charge in [-0.1, -0.05) is 38.1 Å². The molecule has 1 unspecified atom stereocenters. The lowest BCUT2D eigenvalue weighted by Crippen LogP contribution is -2.36. The van der Waals surface area contributed by atoms with Gasteiger partial charge in [0.1, 0.15) is 0 Å². The summed E-state index contributed by atoms with van der Waals surface area (Å²) in [5.74, 6) is 0.430. The highest BCUT2D eigenvalue weighted by molar-refractivity contribution is 7.89. The van der Waals surface area contributed by atoms with Crippen molar-refractivity contribution in [1.82, 2.24) is 4.31 Å². The van der Waals surface area contributed by atoms with E-state index in [0.717, 1.165) is 44.0 Å². The Hall–Kier alpha value is -1.89. The molecule has 0 bridgehead atoms. The van der Waals surface area contributed by atoms with Crippen LogP contribution in [-0.2, 0) is 21.3 Å². The van der Waals surface area contributed by atoms with E-state index in [1.54, 1.807) is 19.2 Å². The van der Waals surface area contributed by atoms with Gasteiger partial charge >= 0.3 is 0 Å². The van der Waals surface area contributed by atoms with Gasteiger partial charge < -0.3 is 9.64 Å². The molecule has 152 valence electrons. The Morgan fingerprint density at radius 2 is 1.64 bits per heavy atom. The van der Waals surface area contributed by atoms with E-state index in [1.807, 2.05) is 24.3 Å². The average molecular weight is 403 g/mol. The molecule has 0 saturated carbocycles. The summed E-state index contributed by atoms with van der Waals surface area (Å²) in [6.45, 7) is 7.90. The molecule has 1 aliphatic heterocycles. The predicted octanol–water partition coefficient (Wildman–Crippen LogP) is 3.86. The Morgan fingerprint density at radius 1 is 1.04 bits per heavy atom. The van der Waals surface area contributed by atoms with Gasteiger partial charge in [0.2, 0.25) is 10.0 Å². The summed E-state index contributed by atoms with van der Waals surface area (Å²) in [7, 11) is -1.88. The zero-order valence-corrected chi connectivity index (χ0v) is 17.8. The number of nitrogens with zero attached hydrogens (tertiary/aromatic N) is 2. The Balaban J connectivity index is 1.68. The number of ether oxygens (including phenoxy) is 1. The van der Waals surface area contributed by atoms with Crippen molar-refractivity contribution in [3.05, 3.63) is 59.7 Å². The summed E-state index contributed by atoms with van der Waals surface area (Å²) in [4.78, 5) is 2.62. The zero-order valence-electron chi connectivity index (χ0n) is 17.0. The number of hydrogen-bond donors (Lipinski definition) is 0. The fourth-order valence-electron chi connectivity index (χ4n) is 3.36. The van der Waals surface area contributed by atoms with Crippen LogP contribution in [0.15, 0.2) is 53.4 Å². The Bertz CT molecular complexity index is 858. The van der Waals surface area contributed by atoms with Gasteiger partial charge in [-0.2, -0.15) is 4.31 Å². The van der Waals surface area contributed by atoms with Gasteiger partial charge in [-0.25, -0.2) is 8.42 Å². The third-order valence-electron chi connectivity index (χ3n) is 5.49. The first-order chi connectivity index (χ1) is 13.4. The van der Waals surface area contributed by atoms with Gasteiger partial charge in [0.05, 0.1) is 18.1 Å². The lowest BCUT2D eigenvalue weighted by Gasteiger charge is -2.29. The molecule has 28 heavy (non-hydrogen) atoms. The first kappa shape index (κ1) is 20.8. The largest absolute Gasteiger partial charge is 0.378 e. The Kier molecular flexibility index (Phi) is 6.75. The highest BCUT2D eigenvalue weighted by Gasteiger charge is 2.21. The van der Waals surface area contributed by atoms with Crippen LogP contribution in [0.4, 0.5) is 5.69 Å². The molecule has 3 rings (SSSR count). The molecular weight excluding hydrogens is 372 g/mol. The second kappa shape index (κ2) is 9.07. The second-order valence-corrected chi connectivity index (χ2v) is 9.45. The van der Waals surface area contributed by atoms with Gasteiger partial charge in [-0.15, -0.1) is 0 Å². The van der Waals surface area contributed by atoms with E-state index >= 15 is 0 Å². The molecule has 0 radical (unpaired) electrons. The minimum absolute atomic E-state index is 0.340. The van der Waals surface area contributed by atoms with Gasteiger partial charge in [-0.3, -0.25) is 0 Å². The number of anilines is 1. The number of benzene rings is 2. The van der Waals surface area contributed by atoms with Crippen LogP contribution in [0.5, 0.6) is 0 Å². The summed E-state index contributed by atoms with van der Waals surface area (Å²) in [6, 6.07) is 15.4. The SMILES string of the molecule is CCC(C)c1ccc(S(=O)(=O)N(C)Cc2ccc(N3CCOCC3)cc2)cc1. The Morgan fingerprint density at radius 3 is 2.21 bits per heavy atom. The topological polar surface area (TPSA) is 49.9 Å². The minimum Gasteiger partial charge on any atom is -0.378 e. The van der Waals surface area contributed by atoms with Crippen LogP contribution in [0.2, 0.25) is 0 Å². The van der Waals surface area contributed by atoms with Crippen LogP contribution in [-0.4, -0.2) is 46.1 Å². The maximum absolute atomic E-state index is 12.9. The van der Waals surface area contributed by atoms with E-state index in [-0.39, 0.29) is 0 Å². The van der Waals surface area contributed by atoms with E-state index in [9.17, 15) is 8.42 Å². The molecule has 1 atom stereocenters. The van der Waals surface area contributed by atoms with Gasteiger partial charge in [0.25, 0.3) is 0 Å². The third kappa shape index (κ3) is 4.74. The van der Waals surface area contributed by atoms with Crippen molar-refractivity contribution >= 4 is 15.7 Å². The monoisotopic (exact) mass is 402 g/mol. The molecule has 0 aliphatic carbocycles. The minimum atomic E-state index is -3.51. The van der Waals surface area contributed by atoms with Gasteiger partial charge in [0.15, 0.2) is 0 Å². The summed E-state index contributed by atoms with van der Waals surface area (Å²) in [5, 5.41) is 0. The molecule has 2 aromatic carbocycles. The summed E-state index contributed by atoms with van der Waals surface area (Å²) >= 11 is 0. The molecular formula is C22H30N2O3S. The van der Waals surface area contributed by atoms with Crippen molar-refractivity contribution in [1.29, 1.82) is 0 Å². The summed E-state index contributed by atoms with van der Waals surface area (Å²) in [5.41, 5.74) is 3.29. The fraction of sp³-hybridized carbons (Fsp3) is 0.455. The van der Waals surface area contributed by atoms with Crippen LogP contribution in [0.1, 0.15) is 37.3 Å². The van der Waals surface area contributed by atoms with E-state index in [0.29, 0.717) is 17.4 Å². The van der Waals surface area contributed by atoms with Crippen LogP contribution < -0.4 is 4.90 Å². The van der Waals surface area contributed by atoms with Gasteiger partial charge in [-0.05, 0) is 47.7 Å². The molecule has 2 aromatic rings. The highest BCUT2D eigenvalue weighted by Crippen LogP contribution is 2.23. The van der Waals surface area contributed by atoms with Crippen LogP contribution in [0.3, 0.4) is 0 Å². The second-order valence-electron chi connectivity index (χ2n) is 7.41. The van der Waals surface area contributed by atoms with E-state index in [1.165, 1.54) is 9.87 Å². The van der Waals surface area contributed by atoms with E-state index < -0.39 is 10.0 Å². The van der Waals surface area contributed by atoms with Gasteiger partial charge in [0, 0.05) is 32.4 Å². The standard InChI is InChI=1S/C22H30N2O3S/c1-4-18(2)20-7-11-22(12-8-20)28(25,26)23(3)17-19-5-9-21(10-6-19)24-13-15-27-16-14-24/h5-12,18H,4,13-17H2,1-3H3. The lowest BCUT2D eigenvalue weighted by atomic mass is 9.99. The molecule has 1 fully saturated rings. The van der Waals surface area contributed by atoms with Crippen molar-refractivity contribution in [3.8, 4) is 0 Å². The highest BCUT2D eigenvalue weighted by atomic mass is 32.2. The van der Waals surface area contributed by atoms with E-state index in [4.69, 9.17) is 4.74 Å². The average Bonchev–Trinajstić information content (AvgIpc) is 2.74. The summed E-state index contributed by atoms with van der Waals surface area (Å²) in [6.07, 6.45) is 1.03. The van der Waals surface area contributed by atoms with Crippen molar-refractivity contribution < 1.29 is 13.2 Å². The lowest BCUT2D eigenvalue weighted by molar-refractivity contribution is 0.122. The molecule has 5 nitrogen and oxygen atoms in total. The summed E-state index contributed by atoms with van der Waals surface area (Å²) < 4.78 is 32.6. The molecule has 1 heterocycles. The first-order valence-electron chi connectivity index (χ1n) is 9.89. The predicted molar refractivity (Wildman–Crippen MR) is 113 cm³/mol. The third-order valence-corrected chi connectivity index (χ3v) is 7.31. The van der Waals surface area contributed by atoms with Crippen LogP contribution in [0.25, 0.3) is 0 Å². The normalized spacial score (nSPS) is 16.4. The Labute approximate surface area is 169 Å². The zero-order chi connectivity index (χ0) is 20.1. The number of sulfonamides is 1. The first-order valence-corrected chi connectivity index (χ1v) is 11.3. The maximum Gasteiger partial charge on any atom is 0.243 e. The maximum atomic E-state index is 12.9. The number of hydrogen-bond acceptors (Lipinski definition) is 4. The van der Waals surface area contributed by atoms with Crippen LogP contribution in [0, 0.1) is 0 Å².